The molecular weight excluding hydrogens is 206 g/mol. The van der Waals surface area contributed by atoms with Gasteiger partial charge in [-0.1, -0.05) is 0 Å². The molecule has 1 heterocycles. The zero-order chi connectivity index (χ0) is 12.0. The van der Waals surface area contributed by atoms with Gasteiger partial charge in [0.1, 0.15) is 11.6 Å². The number of aromatic nitrogens is 2. The van der Waals surface area contributed by atoms with Gasteiger partial charge in [-0.3, -0.25) is 0 Å². The molecule has 0 saturated heterocycles. The number of nitrogens with zero attached hydrogens (tertiary/aromatic N) is 2. The molecule has 0 spiro atoms. The predicted octanol–water partition coefficient (Wildman–Crippen LogP) is 0.290. The van der Waals surface area contributed by atoms with E-state index >= 15 is 0 Å². The van der Waals surface area contributed by atoms with Gasteiger partial charge in [-0.25, -0.2) is 4.98 Å². The molecule has 4 N–H and O–H groups in total. The lowest BCUT2D eigenvalue weighted by atomic mass is 10.5. The van der Waals surface area contributed by atoms with Crippen LogP contribution in [0.5, 0.6) is 0 Å². The Morgan fingerprint density at radius 1 is 1.50 bits per heavy atom. The summed E-state index contributed by atoms with van der Waals surface area (Å²) in [7, 11) is 3.76. The topological polar surface area (TPSA) is 79.2 Å². The maximum Gasteiger partial charge on any atom is 0.168 e. The highest BCUT2D eigenvalue weighted by atomic mass is 16.5. The summed E-state index contributed by atoms with van der Waals surface area (Å²) < 4.78 is 5.00. The summed E-state index contributed by atoms with van der Waals surface area (Å²) in [6, 6.07) is 0. The maximum absolute atomic E-state index is 5.72. The van der Waals surface area contributed by atoms with E-state index < -0.39 is 0 Å². The number of nitrogen functional groups attached to an aromatic ring is 1. The number of aromatic amines is 1. The lowest BCUT2D eigenvalue weighted by Crippen LogP contribution is -2.28. The second kappa shape index (κ2) is 6.34. The molecule has 1 aromatic rings. The van der Waals surface area contributed by atoms with Gasteiger partial charge in [-0.15, -0.1) is 0 Å². The van der Waals surface area contributed by atoms with Gasteiger partial charge in [0.15, 0.2) is 5.82 Å². The third-order valence-corrected chi connectivity index (χ3v) is 2.31. The number of imidazole rings is 1. The highest BCUT2D eigenvalue weighted by Gasteiger charge is 2.04. The summed E-state index contributed by atoms with van der Waals surface area (Å²) in [6.45, 7) is 5.29. The largest absolute Gasteiger partial charge is 0.383 e. The van der Waals surface area contributed by atoms with Crippen molar-refractivity contribution in [3.8, 4) is 0 Å². The number of nitrogens with two attached hydrogens (primary N) is 1. The van der Waals surface area contributed by atoms with Gasteiger partial charge in [0, 0.05) is 26.7 Å². The van der Waals surface area contributed by atoms with Crippen molar-refractivity contribution in [2.75, 3.05) is 51.4 Å². The van der Waals surface area contributed by atoms with Gasteiger partial charge in [-0.05, 0) is 14.0 Å². The molecule has 0 unspecified atom stereocenters. The van der Waals surface area contributed by atoms with Crippen molar-refractivity contribution in [3.63, 3.8) is 0 Å². The number of methoxy groups -OCH3 is 1. The fourth-order valence-electron chi connectivity index (χ4n) is 1.37. The molecule has 0 aliphatic heterocycles. The Morgan fingerprint density at radius 3 is 2.81 bits per heavy atom. The van der Waals surface area contributed by atoms with Gasteiger partial charge in [-0.2, -0.15) is 0 Å². The number of nitrogens with one attached hydrogen (secondary N) is 2. The van der Waals surface area contributed by atoms with E-state index in [1.54, 1.807) is 7.11 Å². The normalized spacial score (nSPS) is 11.0. The molecule has 0 bridgehead atoms. The standard InChI is InChI=1S/C10H21N5O/c1-8-13-9(11)10(14-8)12-4-5-15(2)6-7-16-3/h12H,4-7,11H2,1-3H3,(H,13,14). The van der Waals surface area contributed by atoms with Crippen molar-refractivity contribution in [2.24, 2.45) is 0 Å². The molecule has 0 saturated carbocycles. The Balaban J connectivity index is 2.22. The number of hydrogen-bond acceptors (Lipinski definition) is 5. The van der Waals surface area contributed by atoms with E-state index in [1.165, 1.54) is 0 Å². The Bertz CT molecular complexity index is 312. The first-order valence-electron chi connectivity index (χ1n) is 5.37. The molecule has 6 nitrogen and oxygen atoms in total. The number of aryl methyl sites for hydroxylation is 1. The van der Waals surface area contributed by atoms with Crippen LogP contribution in [0.25, 0.3) is 0 Å². The predicted molar refractivity (Wildman–Crippen MR) is 65.6 cm³/mol. The van der Waals surface area contributed by atoms with Crippen LogP contribution in [0.15, 0.2) is 0 Å². The third-order valence-electron chi connectivity index (χ3n) is 2.31. The van der Waals surface area contributed by atoms with Crippen molar-refractivity contribution in [1.29, 1.82) is 0 Å². The first-order chi connectivity index (χ1) is 7.63. The molecule has 0 aliphatic carbocycles. The van der Waals surface area contributed by atoms with Gasteiger partial charge < -0.3 is 25.7 Å². The minimum Gasteiger partial charge on any atom is -0.383 e. The van der Waals surface area contributed by atoms with Crippen LogP contribution in [0.1, 0.15) is 5.82 Å². The van der Waals surface area contributed by atoms with E-state index in [0.717, 1.165) is 37.9 Å². The highest BCUT2D eigenvalue weighted by Crippen LogP contribution is 2.12. The third kappa shape index (κ3) is 4.08. The van der Waals surface area contributed by atoms with Crippen LogP contribution in [0, 0.1) is 6.92 Å². The van der Waals surface area contributed by atoms with Crippen molar-refractivity contribution >= 4 is 11.6 Å². The van der Waals surface area contributed by atoms with Crippen LogP contribution in [0.3, 0.4) is 0 Å². The van der Waals surface area contributed by atoms with Crippen LogP contribution >= 0.6 is 0 Å². The Morgan fingerprint density at radius 2 is 2.25 bits per heavy atom. The van der Waals surface area contributed by atoms with Crippen LogP contribution in [-0.4, -0.2) is 55.3 Å². The average Bonchev–Trinajstić information content (AvgIpc) is 2.55. The lowest BCUT2D eigenvalue weighted by molar-refractivity contribution is 0.163. The smallest absolute Gasteiger partial charge is 0.168 e. The number of rotatable bonds is 7. The second-order valence-corrected chi connectivity index (χ2v) is 3.81. The molecule has 0 aliphatic rings. The zero-order valence-corrected chi connectivity index (χ0v) is 10.2. The summed E-state index contributed by atoms with van der Waals surface area (Å²) in [5.41, 5.74) is 5.72. The summed E-state index contributed by atoms with van der Waals surface area (Å²) in [5.74, 6) is 2.16. The van der Waals surface area contributed by atoms with Crippen molar-refractivity contribution in [3.05, 3.63) is 5.82 Å². The number of likely N-dealkylation sites (N-methyl/N-ethyl adjacent to an activating group) is 1. The summed E-state index contributed by atoms with van der Waals surface area (Å²) in [4.78, 5) is 9.37. The van der Waals surface area contributed by atoms with Crippen molar-refractivity contribution < 1.29 is 4.74 Å². The maximum atomic E-state index is 5.72. The Hall–Kier alpha value is -1.27. The zero-order valence-electron chi connectivity index (χ0n) is 10.2. The summed E-state index contributed by atoms with van der Waals surface area (Å²) in [6.07, 6.45) is 0. The van der Waals surface area contributed by atoms with Gasteiger partial charge in [0.25, 0.3) is 0 Å². The molecule has 0 fully saturated rings. The Labute approximate surface area is 96.2 Å². The first kappa shape index (κ1) is 12.8. The number of ether oxygens (including phenoxy) is 1. The molecule has 6 heteroatoms. The molecule has 0 atom stereocenters. The summed E-state index contributed by atoms with van der Waals surface area (Å²) >= 11 is 0. The fourth-order valence-corrected chi connectivity index (χ4v) is 1.37. The van der Waals surface area contributed by atoms with E-state index in [4.69, 9.17) is 10.5 Å². The van der Waals surface area contributed by atoms with Gasteiger partial charge >= 0.3 is 0 Å². The molecule has 1 aromatic heterocycles. The number of H-pyrrole nitrogens is 1. The van der Waals surface area contributed by atoms with E-state index in [9.17, 15) is 0 Å². The van der Waals surface area contributed by atoms with Crippen LogP contribution < -0.4 is 11.1 Å². The molecule has 0 aromatic carbocycles. The van der Waals surface area contributed by atoms with Crippen LogP contribution in [-0.2, 0) is 4.74 Å². The second-order valence-electron chi connectivity index (χ2n) is 3.81. The van der Waals surface area contributed by atoms with E-state index in [-0.39, 0.29) is 0 Å². The van der Waals surface area contributed by atoms with Crippen LogP contribution in [0.4, 0.5) is 11.6 Å². The quantitative estimate of drug-likeness (QED) is 0.624. The molecule has 0 amide bonds. The molecule has 16 heavy (non-hydrogen) atoms. The molecule has 0 radical (unpaired) electrons. The van der Waals surface area contributed by atoms with E-state index in [0.29, 0.717) is 5.82 Å². The minimum atomic E-state index is 0.594. The fraction of sp³-hybridized carbons (Fsp3) is 0.700. The highest BCUT2D eigenvalue weighted by molar-refractivity contribution is 5.56. The number of hydrogen-bond donors (Lipinski definition) is 3. The van der Waals surface area contributed by atoms with Gasteiger partial charge in [0.05, 0.1) is 6.61 Å². The van der Waals surface area contributed by atoms with Crippen molar-refractivity contribution in [2.45, 2.75) is 6.92 Å². The molecular formula is C10H21N5O. The van der Waals surface area contributed by atoms with E-state index in [1.807, 2.05) is 6.92 Å². The van der Waals surface area contributed by atoms with Gasteiger partial charge in [0.2, 0.25) is 0 Å². The van der Waals surface area contributed by atoms with E-state index in [2.05, 4.69) is 27.2 Å². The monoisotopic (exact) mass is 227 g/mol. The summed E-state index contributed by atoms with van der Waals surface area (Å²) in [5, 5.41) is 3.19. The minimum absolute atomic E-state index is 0.594. The Kier molecular flexibility index (Phi) is 5.07. The van der Waals surface area contributed by atoms with Crippen molar-refractivity contribution in [1.82, 2.24) is 14.9 Å². The lowest BCUT2D eigenvalue weighted by Gasteiger charge is -2.16. The molecule has 1 rings (SSSR count). The first-order valence-corrected chi connectivity index (χ1v) is 5.37. The SMILES string of the molecule is COCCN(C)CCNc1nc(C)[nH]c1N. The average molecular weight is 227 g/mol. The van der Waals surface area contributed by atoms with Crippen LogP contribution in [0.2, 0.25) is 0 Å². The molecule has 92 valence electrons. The number of anilines is 2.